The molecule has 1 saturated heterocycles. The van der Waals surface area contributed by atoms with Crippen LogP contribution in [0.4, 0.5) is 0 Å². The Morgan fingerprint density at radius 1 is 1.53 bits per heavy atom. The zero-order valence-electron chi connectivity index (χ0n) is 10.3. The monoisotopic (exact) mass is 240 g/mol. The minimum absolute atomic E-state index is 0.127. The van der Waals surface area contributed by atoms with E-state index in [4.69, 9.17) is 15.0 Å². The Hall–Kier alpha value is -0.980. The summed E-state index contributed by atoms with van der Waals surface area (Å²) in [6, 6.07) is 0. The summed E-state index contributed by atoms with van der Waals surface area (Å²) in [4.78, 5) is 6.59. The Morgan fingerprint density at radius 2 is 2.41 bits per heavy atom. The number of aromatic nitrogens is 2. The number of rotatable bonds is 5. The average Bonchev–Trinajstić information content (AvgIpc) is 2.77. The third-order valence-electron chi connectivity index (χ3n) is 2.83. The minimum atomic E-state index is 0.127. The molecule has 6 nitrogen and oxygen atoms in total. The second kappa shape index (κ2) is 6.09. The first-order valence-electron chi connectivity index (χ1n) is 6.17. The van der Waals surface area contributed by atoms with Gasteiger partial charge in [0.05, 0.1) is 19.3 Å². The number of aryl methyl sites for hydroxylation is 1. The Kier molecular flexibility index (Phi) is 4.47. The quantitative estimate of drug-likeness (QED) is 0.791. The van der Waals surface area contributed by atoms with Crippen LogP contribution < -0.4 is 5.73 Å². The summed E-state index contributed by atoms with van der Waals surface area (Å²) < 4.78 is 10.7. The predicted octanol–water partition coefficient (Wildman–Crippen LogP) is 0.182. The number of nitrogens with two attached hydrogens (primary N) is 1. The molecule has 2 rings (SSSR count). The molecule has 0 spiro atoms. The lowest BCUT2D eigenvalue weighted by atomic mass is 10.2. The van der Waals surface area contributed by atoms with E-state index in [-0.39, 0.29) is 6.10 Å². The first-order chi connectivity index (χ1) is 8.31. The summed E-state index contributed by atoms with van der Waals surface area (Å²) >= 11 is 0. The van der Waals surface area contributed by atoms with Crippen molar-refractivity contribution in [1.29, 1.82) is 0 Å². The Balaban J connectivity index is 1.86. The standard InChI is InChI=1S/C11H20N4O2/c1-2-3-10-13-11(17-14-10)8-15-4-5-16-9(6-12)7-15/h9H,2-8,12H2,1H3. The number of ether oxygens (including phenoxy) is 1. The largest absolute Gasteiger partial charge is 0.374 e. The highest BCUT2D eigenvalue weighted by Crippen LogP contribution is 2.09. The van der Waals surface area contributed by atoms with Gasteiger partial charge >= 0.3 is 0 Å². The van der Waals surface area contributed by atoms with E-state index < -0.39 is 0 Å². The van der Waals surface area contributed by atoms with Crippen LogP contribution in [0.3, 0.4) is 0 Å². The molecule has 0 aromatic carbocycles. The van der Waals surface area contributed by atoms with Crippen molar-refractivity contribution in [1.82, 2.24) is 15.0 Å². The highest BCUT2D eigenvalue weighted by atomic mass is 16.5. The Bertz CT molecular complexity index is 342. The minimum Gasteiger partial charge on any atom is -0.374 e. The van der Waals surface area contributed by atoms with Crippen LogP contribution in [0.15, 0.2) is 4.52 Å². The first kappa shape index (κ1) is 12.5. The molecule has 0 saturated carbocycles. The van der Waals surface area contributed by atoms with Gasteiger partial charge in [-0.15, -0.1) is 0 Å². The van der Waals surface area contributed by atoms with Crippen molar-refractivity contribution in [3.63, 3.8) is 0 Å². The molecule has 0 amide bonds. The van der Waals surface area contributed by atoms with Crippen molar-refractivity contribution in [2.45, 2.75) is 32.4 Å². The molecule has 1 aliphatic heterocycles. The summed E-state index contributed by atoms with van der Waals surface area (Å²) in [6.45, 7) is 5.80. The molecule has 0 radical (unpaired) electrons. The van der Waals surface area contributed by atoms with E-state index in [2.05, 4.69) is 22.0 Å². The van der Waals surface area contributed by atoms with Crippen molar-refractivity contribution in [2.24, 2.45) is 5.73 Å². The van der Waals surface area contributed by atoms with Crippen LogP contribution >= 0.6 is 0 Å². The van der Waals surface area contributed by atoms with E-state index in [1.807, 2.05) is 0 Å². The molecule has 1 fully saturated rings. The van der Waals surface area contributed by atoms with Gasteiger partial charge in [0, 0.05) is 26.1 Å². The van der Waals surface area contributed by atoms with Gasteiger partial charge in [0.2, 0.25) is 5.89 Å². The van der Waals surface area contributed by atoms with Gasteiger partial charge in [-0.25, -0.2) is 0 Å². The molecule has 17 heavy (non-hydrogen) atoms. The predicted molar refractivity (Wildman–Crippen MR) is 62.4 cm³/mol. The van der Waals surface area contributed by atoms with Crippen molar-refractivity contribution in [3.05, 3.63) is 11.7 Å². The van der Waals surface area contributed by atoms with Crippen molar-refractivity contribution in [2.75, 3.05) is 26.2 Å². The molecule has 1 aromatic heterocycles. The van der Waals surface area contributed by atoms with E-state index in [9.17, 15) is 0 Å². The van der Waals surface area contributed by atoms with Gasteiger partial charge in [0.1, 0.15) is 0 Å². The van der Waals surface area contributed by atoms with Gasteiger partial charge in [-0.3, -0.25) is 4.90 Å². The zero-order chi connectivity index (χ0) is 12.1. The van der Waals surface area contributed by atoms with Crippen LogP contribution in [0.2, 0.25) is 0 Å². The molecule has 0 aliphatic carbocycles. The van der Waals surface area contributed by atoms with Gasteiger partial charge in [0.15, 0.2) is 5.82 Å². The molecule has 1 aromatic rings. The molecule has 1 aliphatic rings. The van der Waals surface area contributed by atoms with Gasteiger partial charge in [-0.05, 0) is 6.42 Å². The van der Waals surface area contributed by atoms with Crippen LogP contribution in [-0.4, -0.2) is 47.4 Å². The lowest BCUT2D eigenvalue weighted by Crippen LogP contribution is -2.45. The third-order valence-corrected chi connectivity index (χ3v) is 2.83. The van der Waals surface area contributed by atoms with Gasteiger partial charge in [-0.1, -0.05) is 12.1 Å². The number of nitrogens with zero attached hydrogens (tertiary/aromatic N) is 3. The van der Waals surface area contributed by atoms with Crippen LogP contribution in [0, 0.1) is 0 Å². The topological polar surface area (TPSA) is 77.4 Å². The fraction of sp³-hybridized carbons (Fsp3) is 0.818. The number of hydrogen-bond donors (Lipinski definition) is 1. The molecule has 2 heterocycles. The van der Waals surface area contributed by atoms with E-state index in [0.29, 0.717) is 19.0 Å². The summed E-state index contributed by atoms with van der Waals surface area (Å²) in [5.74, 6) is 1.48. The molecule has 6 heteroatoms. The van der Waals surface area contributed by atoms with Crippen LogP contribution in [0.5, 0.6) is 0 Å². The van der Waals surface area contributed by atoms with Crippen LogP contribution in [-0.2, 0) is 17.7 Å². The second-order valence-corrected chi connectivity index (χ2v) is 4.32. The summed E-state index contributed by atoms with van der Waals surface area (Å²) in [5, 5.41) is 3.94. The maximum absolute atomic E-state index is 5.60. The summed E-state index contributed by atoms with van der Waals surface area (Å²) in [5.41, 5.74) is 5.60. The maximum atomic E-state index is 5.60. The van der Waals surface area contributed by atoms with Crippen molar-refractivity contribution >= 4 is 0 Å². The number of morpholine rings is 1. The smallest absolute Gasteiger partial charge is 0.240 e. The Labute approximate surface area is 101 Å². The highest BCUT2D eigenvalue weighted by Gasteiger charge is 2.21. The third kappa shape index (κ3) is 3.49. The van der Waals surface area contributed by atoms with E-state index in [1.165, 1.54) is 0 Å². The Morgan fingerprint density at radius 3 is 3.18 bits per heavy atom. The van der Waals surface area contributed by atoms with Crippen LogP contribution in [0.1, 0.15) is 25.1 Å². The van der Waals surface area contributed by atoms with Gasteiger partial charge in [-0.2, -0.15) is 4.98 Å². The zero-order valence-corrected chi connectivity index (χ0v) is 10.3. The molecule has 2 N–H and O–H groups in total. The molecule has 1 atom stereocenters. The first-order valence-corrected chi connectivity index (χ1v) is 6.17. The highest BCUT2D eigenvalue weighted by molar-refractivity contribution is 4.87. The maximum Gasteiger partial charge on any atom is 0.240 e. The fourth-order valence-electron chi connectivity index (χ4n) is 1.94. The van der Waals surface area contributed by atoms with Crippen LogP contribution in [0.25, 0.3) is 0 Å². The summed E-state index contributed by atoms with van der Waals surface area (Å²) in [6.07, 6.45) is 2.03. The summed E-state index contributed by atoms with van der Waals surface area (Å²) in [7, 11) is 0. The van der Waals surface area contributed by atoms with Crippen molar-refractivity contribution in [3.8, 4) is 0 Å². The second-order valence-electron chi connectivity index (χ2n) is 4.32. The molecule has 1 unspecified atom stereocenters. The molecular formula is C11H20N4O2. The van der Waals surface area contributed by atoms with E-state index in [0.717, 1.165) is 38.4 Å². The number of hydrogen-bond acceptors (Lipinski definition) is 6. The lowest BCUT2D eigenvalue weighted by molar-refractivity contribution is -0.0288. The van der Waals surface area contributed by atoms with E-state index >= 15 is 0 Å². The molecular weight excluding hydrogens is 220 g/mol. The SMILES string of the molecule is CCCc1noc(CN2CCOC(CN)C2)n1. The van der Waals surface area contributed by atoms with E-state index in [1.54, 1.807) is 0 Å². The lowest BCUT2D eigenvalue weighted by Gasteiger charge is -2.31. The van der Waals surface area contributed by atoms with Gasteiger partial charge < -0.3 is 15.0 Å². The fourth-order valence-corrected chi connectivity index (χ4v) is 1.94. The average molecular weight is 240 g/mol. The molecule has 0 bridgehead atoms. The van der Waals surface area contributed by atoms with Crippen molar-refractivity contribution < 1.29 is 9.26 Å². The normalized spacial score (nSPS) is 21.9. The molecule has 96 valence electrons. The van der Waals surface area contributed by atoms with Gasteiger partial charge in [0.25, 0.3) is 0 Å².